The molecule has 0 bridgehead atoms. The number of amides is 1. The SMILES string of the molecule is O=C(c1cnco1)N1CC=C(c2cnc(CCc3c(F)ccc4c3CCO4)n3cnnc23)CC1. The molecule has 1 aromatic carbocycles. The molecule has 0 saturated carbocycles. The number of carbonyl (C=O) groups excluding carboxylic acids is 1. The Balaban J connectivity index is 1.23. The lowest BCUT2D eigenvalue weighted by atomic mass is 9.99. The van der Waals surface area contributed by atoms with Crippen molar-refractivity contribution < 1.29 is 18.3 Å². The van der Waals surface area contributed by atoms with Crippen molar-refractivity contribution in [3.8, 4) is 5.75 Å². The second-order valence-electron chi connectivity index (χ2n) is 8.31. The minimum Gasteiger partial charge on any atom is -0.493 e. The van der Waals surface area contributed by atoms with E-state index in [2.05, 4.69) is 20.2 Å². The molecular formula is C24H21FN6O3. The molecule has 2 aliphatic heterocycles. The van der Waals surface area contributed by atoms with E-state index >= 15 is 0 Å². The van der Waals surface area contributed by atoms with Crippen molar-refractivity contribution in [2.45, 2.75) is 25.7 Å². The van der Waals surface area contributed by atoms with Crippen LogP contribution in [0.15, 0.2) is 47.7 Å². The van der Waals surface area contributed by atoms with Crippen molar-refractivity contribution in [3.05, 3.63) is 77.4 Å². The number of ether oxygens (including phenoxy) is 1. The third-order valence-corrected chi connectivity index (χ3v) is 6.43. The van der Waals surface area contributed by atoms with Gasteiger partial charge in [-0.2, -0.15) is 0 Å². The molecule has 1 amide bonds. The Morgan fingerprint density at radius 1 is 1.18 bits per heavy atom. The van der Waals surface area contributed by atoms with Crippen molar-refractivity contribution >= 4 is 17.1 Å². The Morgan fingerprint density at radius 3 is 2.94 bits per heavy atom. The summed E-state index contributed by atoms with van der Waals surface area (Å²) in [6.45, 7) is 1.59. The predicted molar refractivity (Wildman–Crippen MR) is 119 cm³/mol. The lowest BCUT2D eigenvalue weighted by Gasteiger charge is -2.25. The number of carbonyl (C=O) groups is 1. The average Bonchev–Trinajstić information content (AvgIpc) is 3.64. The molecule has 34 heavy (non-hydrogen) atoms. The summed E-state index contributed by atoms with van der Waals surface area (Å²) in [6.07, 6.45) is 10.6. The van der Waals surface area contributed by atoms with Gasteiger partial charge < -0.3 is 14.1 Å². The van der Waals surface area contributed by atoms with Gasteiger partial charge in [0, 0.05) is 43.3 Å². The van der Waals surface area contributed by atoms with Crippen LogP contribution >= 0.6 is 0 Å². The van der Waals surface area contributed by atoms with E-state index in [1.54, 1.807) is 23.5 Å². The first kappa shape index (κ1) is 20.5. The molecule has 9 nitrogen and oxygen atoms in total. The molecule has 6 rings (SSSR count). The van der Waals surface area contributed by atoms with Gasteiger partial charge in [-0.15, -0.1) is 10.2 Å². The number of benzene rings is 1. The number of hydrogen-bond acceptors (Lipinski definition) is 7. The Hall–Kier alpha value is -4.08. The Bertz CT molecular complexity index is 1410. The summed E-state index contributed by atoms with van der Waals surface area (Å²) in [4.78, 5) is 22.7. The first-order valence-electron chi connectivity index (χ1n) is 11.2. The number of rotatable bonds is 5. The van der Waals surface area contributed by atoms with E-state index in [1.807, 2.05) is 10.5 Å². The van der Waals surface area contributed by atoms with E-state index < -0.39 is 0 Å². The largest absolute Gasteiger partial charge is 0.493 e. The van der Waals surface area contributed by atoms with Crippen LogP contribution in [0.4, 0.5) is 4.39 Å². The maximum absolute atomic E-state index is 14.5. The minimum atomic E-state index is -0.210. The molecule has 0 spiro atoms. The Kier molecular flexibility index (Phi) is 5.05. The number of oxazole rings is 1. The fourth-order valence-corrected chi connectivity index (χ4v) is 4.68. The van der Waals surface area contributed by atoms with E-state index in [-0.39, 0.29) is 17.5 Å². The van der Waals surface area contributed by atoms with E-state index in [0.717, 1.165) is 34.7 Å². The molecule has 172 valence electrons. The third-order valence-electron chi connectivity index (χ3n) is 6.43. The minimum absolute atomic E-state index is 0.182. The van der Waals surface area contributed by atoms with Gasteiger partial charge >= 0.3 is 0 Å². The van der Waals surface area contributed by atoms with Gasteiger partial charge in [0.2, 0.25) is 5.76 Å². The molecule has 0 atom stereocenters. The van der Waals surface area contributed by atoms with Gasteiger partial charge in [0.25, 0.3) is 5.91 Å². The molecule has 2 aliphatic rings. The van der Waals surface area contributed by atoms with Crippen LogP contribution < -0.4 is 4.74 Å². The standard InChI is InChI=1S/C24H21FN6O3/c25-19-2-3-20-17(7-10-33-20)16(19)1-4-22-27-11-18(23-29-28-13-31(22)23)15-5-8-30(9-6-15)24(32)21-12-26-14-34-21/h2-3,5,11-14H,1,4,6-10H2. The Labute approximate surface area is 193 Å². The topological polar surface area (TPSA) is 98.7 Å². The van der Waals surface area contributed by atoms with Crippen molar-refractivity contribution in [2.75, 3.05) is 19.7 Å². The fraction of sp³-hybridized carbons (Fsp3) is 0.292. The summed E-state index contributed by atoms with van der Waals surface area (Å²) in [5, 5.41) is 8.41. The smallest absolute Gasteiger partial charge is 0.291 e. The summed E-state index contributed by atoms with van der Waals surface area (Å²) >= 11 is 0. The molecule has 0 unspecified atom stereocenters. The van der Waals surface area contributed by atoms with Crippen LogP contribution in [0.2, 0.25) is 0 Å². The van der Waals surface area contributed by atoms with E-state index in [9.17, 15) is 9.18 Å². The molecule has 4 aromatic rings. The maximum Gasteiger partial charge on any atom is 0.291 e. The molecular weight excluding hydrogens is 439 g/mol. The number of hydrogen-bond donors (Lipinski definition) is 0. The Morgan fingerprint density at radius 2 is 2.12 bits per heavy atom. The van der Waals surface area contributed by atoms with Crippen LogP contribution in [0.1, 0.15) is 39.5 Å². The molecule has 3 aromatic heterocycles. The highest BCUT2D eigenvalue weighted by Crippen LogP contribution is 2.31. The van der Waals surface area contributed by atoms with Crippen molar-refractivity contribution in [1.29, 1.82) is 0 Å². The van der Waals surface area contributed by atoms with Gasteiger partial charge in [-0.25, -0.2) is 14.4 Å². The zero-order chi connectivity index (χ0) is 23.1. The van der Waals surface area contributed by atoms with E-state index in [4.69, 9.17) is 9.15 Å². The van der Waals surface area contributed by atoms with Crippen LogP contribution in [0.25, 0.3) is 11.2 Å². The quantitative estimate of drug-likeness (QED) is 0.452. The summed E-state index contributed by atoms with van der Waals surface area (Å²) in [7, 11) is 0. The third kappa shape index (κ3) is 3.51. The summed E-state index contributed by atoms with van der Waals surface area (Å²) in [6, 6.07) is 3.17. The van der Waals surface area contributed by atoms with Crippen molar-refractivity contribution in [3.63, 3.8) is 0 Å². The molecule has 0 saturated heterocycles. The summed E-state index contributed by atoms with van der Waals surface area (Å²) < 4.78 is 27.1. The van der Waals surface area contributed by atoms with Crippen LogP contribution in [-0.2, 0) is 19.3 Å². The molecule has 0 aliphatic carbocycles. The van der Waals surface area contributed by atoms with Gasteiger partial charge in [-0.05, 0) is 36.1 Å². The molecule has 10 heteroatoms. The highest BCUT2D eigenvalue weighted by atomic mass is 19.1. The van der Waals surface area contributed by atoms with Crippen molar-refractivity contribution in [1.82, 2.24) is 29.5 Å². The van der Waals surface area contributed by atoms with E-state index in [0.29, 0.717) is 50.2 Å². The second-order valence-corrected chi connectivity index (χ2v) is 8.31. The fourth-order valence-electron chi connectivity index (χ4n) is 4.68. The number of aromatic nitrogens is 5. The second kappa shape index (κ2) is 8.36. The zero-order valence-electron chi connectivity index (χ0n) is 18.3. The monoisotopic (exact) mass is 460 g/mol. The highest BCUT2D eigenvalue weighted by Gasteiger charge is 2.24. The summed E-state index contributed by atoms with van der Waals surface area (Å²) in [5.41, 5.74) is 4.28. The predicted octanol–water partition coefficient (Wildman–Crippen LogP) is 2.90. The normalized spacial score (nSPS) is 15.3. The lowest BCUT2D eigenvalue weighted by molar-refractivity contribution is 0.0741. The van der Waals surface area contributed by atoms with Gasteiger partial charge in [-0.3, -0.25) is 9.20 Å². The maximum atomic E-state index is 14.5. The number of fused-ring (bicyclic) bond motifs is 2. The van der Waals surface area contributed by atoms with E-state index in [1.165, 1.54) is 18.7 Å². The van der Waals surface area contributed by atoms with Gasteiger partial charge in [0.1, 0.15) is 23.7 Å². The molecule has 5 heterocycles. The number of nitrogens with zero attached hydrogens (tertiary/aromatic N) is 6. The van der Waals surface area contributed by atoms with Gasteiger partial charge in [-0.1, -0.05) is 6.08 Å². The zero-order valence-corrected chi connectivity index (χ0v) is 18.3. The van der Waals surface area contributed by atoms with Gasteiger partial charge in [0.15, 0.2) is 12.0 Å². The first-order chi connectivity index (χ1) is 16.7. The molecule has 0 N–H and O–H groups in total. The van der Waals surface area contributed by atoms with Gasteiger partial charge in [0.05, 0.1) is 12.8 Å². The number of aryl methyl sites for hydroxylation is 1. The molecule has 0 fully saturated rings. The summed E-state index contributed by atoms with van der Waals surface area (Å²) in [5.74, 6) is 1.37. The van der Waals surface area contributed by atoms with Crippen molar-refractivity contribution in [2.24, 2.45) is 0 Å². The molecule has 0 radical (unpaired) electrons. The van der Waals surface area contributed by atoms with Crippen LogP contribution in [0.5, 0.6) is 5.75 Å². The van der Waals surface area contributed by atoms with Crippen LogP contribution in [-0.4, -0.2) is 55.1 Å². The van der Waals surface area contributed by atoms with Crippen LogP contribution in [0.3, 0.4) is 0 Å². The lowest BCUT2D eigenvalue weighted by Crippen LogP contribution is -2.34. The van der Waals surface area contributed by atoms with Crippen LogP contribution in [0, 0.1) is 5.82 Å². The average molecular weight is 460 g/mol. The highest BCUT2D eigenvalue weighted by molar-refractivity contribution is 5.92. The number of halogens is 1. The first-order valence-corrected chi connectivity index (χ1v) is 11.2.